The average Bonchev–Trinajstić information content (AvgIpc) is 3.00. The second-order valence-electron chi connectivity index (χ2n) is 6.11. The Morgan fingerprint density at radius 2 is 2.08 bits per heavy atom. The van der Waals surface area contributed by atoms with E-state index in [4.69, 9.17) is 21.1 Å². The maximum atomic E-state index is 14.4. The lowest BCUT2D eigenvalue weighted by Crippen LogP contribution is -2.36. The Balaban J connectivity index is 2.01. The Hall–Kier alpha value is -2.19. The molecule has 0 unspecified atom stereocenters. The highest BCUT2D eigenvalue weighted by Crippen LogP contribution is 2.35. The van der Waals surface area contributed by atoms with Crippen LogP contribution in [0.4, 0.5) is 14.9 Å². The van der Waals surface area contributed by atoms with Crippen molar-refractivity contribution in [3.05, 3.63) is 28.5 Å². The van der Waals surface area contributed by atoms with Gasteiger partial charge >= 0.3 is 12.0 Å². The fourth-order valence-electron chi connectivity index (χ4n) is 2.85. The molecule has 7 nitrogen and oxygen atoms in total. The highest BCUT2D eigenvalue weighted by atomic mass is 35.5. The molecule has 0 spiro atoms. The zero-order chi connectivity index (χ0) is 18.5. The van der Waals surface area contributed by atoms with Gasteiger partial charge in [-0.2, -0.15) is 0 Å². The molecule has 1 aromatic rings. The fourth-order valence-corrected chi connectivity index (χ4v) is 3.08. The van der Waals surface area contributed by atoms with E-state index in [1.165, 1.54) is 4.90 Å². The summed E-state index contributed by atoms with van der Waals surface area (Å²) in [7, 11) is 0. The molecule has 2 atom stereocenters. The lowest BCUT2D eigenvalue weighted by atomic mass is 10.1. The van der Waals surface area contributed by atoms with Crippen LogP contribution in [0, 0.1) is 5.82 Å². The number of nitrogens with zero attached hydrogens (tertiary/aromatic N) is 2. The maximum Gasteiger partial charge on any atom is 0.339 e. The van der Waals surface area contributed by atoms with Crippen LogP contribution in [0.2, 0.25) is 5.02 Å². The van der Waals surface area contributed by atoms with Crippen molar-refractivity contribution in [3.8, 4) is 0 Å². The van der Waals surface area contributed by atoms with Gasteiger partial charge in [-0.3, -0.25) is 9.69 Å². The standard InChI is InChI=1S/C16H16ClFN2O5/c1-7(2)25-15(22)9-4-12(11(18)5-10(9)17)20-14(21)13-8(3)24-6-19(13)16(20)23/h4-5,7-8,13H,6H2,1-3H3/t8-,13+/m1/s1. The molecule has 2 heterocycles. The largest absolute Gasteiger partial charge is 0.459 e. The number of carbonyl (C=O) groups excluding carboxylic acids is 3. The van der Waals surface area contributed by atoms with E-state index in [0.717, 1.165) is 12.1 Å². The molecule has 2 saturated heterocycles. The number of rotatable bonds is 3. The molecule has 0 N–H and O–H groups in total. The van der Waals surface area contributed by atoms with Gasteiger partial charge < -0.3 is 9.47 Å². The molecule has 0 saturated carbocycles. The van der Waals surface area contributed by atoms with Crippen LogP contribution in [0.1, 0.15) is 31.1 Å². The molecule has 2 fully saturated rings. The van der Waals surface area contributed by atoms with Crippen LogP contribution in [-0.4, -0.2) is 47.8 Å². The molecular weight excluding hydrogens is 355 g/mol. The monoisotopic (exact) mass is 370 g/mol. The van der Waals surface area contributed by atoms with Gasteiger partial charge in [0.15, 0.2) is 0 Å². The van der Waals surface area contributed by atoms with Crippen LogP contribution in [0.5, 0.6) is 0 Å². The predicted molar refractivity (Wildman–Crippen MR) is 85.9 cm³/mol. The van der Waals surface area contributed by atoms with Crippen LogP contribution < -0.4 is 4.90 Å². The van der Waals surface area contributed by atoms with E-state index < -0.39 is 42.0 Å². The van der Waals surface area contributed by atoms with Gasteiger partial charge in [0.05, 0.1) is 28.5 Å². The molecule has 0 radical (unpaired) electrons. The normalized spacial score (nSPS) is 22.8. The summed E-state index contributed by atoms with van der Waals surface area (Å²) < 4.78 is 24.7. The van der Waals surface area contributed by atoms with E-state index in [2.05, 4.69) is 0 Å². The quantitative estimate of drug-likeness (QED) is 0.603. The molecule has 0 aromatic heterocycles. The minimum atomic E-state index is -0.887. The Kier molecular flexibility index (Phi) is 4.42. The smallest absolute Gasteiger partial charge is 0.339 e. The first-order chi connectivity index (χ1) is 11.7. The van der Waals surface area contributed by atoms with Crippen molar-refractivity contribution < 1.29 is 28.2 Å². The highest BCUT2D eigenvalue weighted by molar-refractivity contribution is 6.34. The predicted octanol–water partition coefficient (Wildman–Crippen LogP) is 2.56. The summed E-state index contributed by atoms with van der Waals surface area (Å²) in [5, 5.41) is -0.164. The molecule has 0 bridgehead atoms. The van der Waals surface area contributed by atoms with Gasteiger partial charge in [-0.1, -0.05) is 11.6 Å². The summed E-state index contributed by atoms with van der Waals surface area (Å²) >= 11 is 5.92. The summed E-state index contributed by atoms with van der Waals surface area (Å²) in [6.45, 7) is 4.91. The number of benzene rings is 1. The van der Waals surface area contributed by atoms with Crippen molar-refractivity contribution in [1.82, 2.24) is 4.90 Å². The van der Waals surface area contributed by atoms with E-state index in [0.29, 0.717) is 4.90 Å². The summed E-state index contributed by atoms with van der Waals surface area (Å²) in [6, 6.07) is 0.432. The summed E-state index contributed by atoms with van der Waals surface area (Å²) in [6.07, 6.45) is -0.905. The molecule has 0 aliphatic carbocycles. The summed E-state index contributed by atoms with van der Waals surface area (Å²) in [5.74, 6) is -2.26. The lowest BCUT2D eigenvalue weighted by Gasteiger charge is -2.18. The number of ether oxygens (including phenoxy) is 2. The molecule has 134 valence electrons. The van der Waals surface area contributed by atoms with E-state index in [9.17, 15) is 18.8 Å². The highest BCUT2D eigenvalue weighted by Gasteiger charge is 2.53. The third kappa shape index (κ3) is 2.85. The zero-order valence-corrected chi connectivity index (χ0v) is 14.5. The number of amides is 3. The maximum absolute atomic E-state index is 14.4. The molecule has 2 aliphatic rings. The van der Waals surface area contributed by atoms with Gasteiger partial charge in [0, 0.05) is 0 Å². The second-order valence-corrected chi connectivity index (χ2v) is 6.52. The molecule has 25 heavy (non-hydrogen) atoms. The van der Waals surface area contributed by atoms with Crippen molar-refractivity contribution in [1.29, 1.82) is 0 Å². The summed E-state index contributed by atoms with van der Waals surface area (Å²) in [5.41, 5.74) is -0.458. The van der Waals surface area contributed by atoms with E-state index >= 15 is 0 Å². The number of carbonyl (C=O) groups is 3. The molecule has 3 rings (SSSR count). The zero-order valence-electron chi connectivity index (χ0n) is 13.8. The number of esters is 1. The Morgan fingerprint density at radius 1 is 1.40 bits per heavy atom. The van der Waals surface area contributed by atoms with Crippen LogP contribution in [0.25, 0.3) is 0 Å². The van der Waals surface area contributed by atoms with Gasteiger partial charge in [0.2, 0.25) is 0 Å². The average molecular weight is 371 g/mol. The van der Waals surface area contributed by atoms with Gasteiger partial charge in [-0.25, -0.2) is 18.9 Å². The van der Waals surface area contributed by atoms with Crippen molar-refractivity contribution in [2.45, 2.75) is 39.0 Å². The third-order valence-electron chi connectivity index (χ3n) is 4.01. The first kappa shape index (κ1) is 17.6. The molecular formula is C16H16ClFN2O5. The van der Waals surface area contributed by atoms with Crippen molar-refractivity contribution in [2.24, 2.45) is 0 Å². The second kappa shape index (κ2) is 6.27. The number of anilines is 1. The van der Waals surface area contributed by atoms with Crippen molar-refractivity contribution in [2.75, 3.05) is 11.6 Å². The van der Waals surface area contributed by atoms with Gasteiger partial charge in [0.25, 0.3) is 5.91 Å². The fraction of sp³-hybridized carbons (Fsp3) is 0.438. The Bertz CT molecular complexity index is 769. The van der Waals surface area contributed by atoms with Gasteiger partial charge in [-0.05, 0) is 32.9 Å². The first-order valence-electron chi connectivity index (χ1n) is 7.68. The number of hydrogen-bond donors (Lipinski definition) is 0. The SMILES string of the molecule is CC(C)OC(=O)c1cc(N2C(=O)[C@@H]3[C@@H](C)OCN3C2=O)c(F)cc1Cl. The first-order valence-corrected chi connectivity index (χ1v) is 8.06. The number of urea groups is 1. The molecule has 2 aliphatic heterocycles. The summed E-state index contributed by atoms with van der Waals surface area (Å²) in [4.78, 5) is 39.1. The van der Waals surface area contributed by atoms with Crippen LogP contribution >= 0.6 is 11.6 Å². The van der Waals surface area contributed by atoms with Crippen molar-refractivity contribution >= 4 is 35.2 Å². The number of hydrogen-bond acceptors (Lipinski definition) is 5. The van der Waals surface area contributed by atoms with Crippen LogP contribution in [-0.2, 0) is 14.3 Å². The van der Waals surface area contributed by atoms with Gasteiger partial charge in [-0.15, -0.1) is 0 Å². The number of halogens is 2. The van der Waals surface area contributed by atoms with E-state index in [-0.39, 0.29) is 23.0 Å². The molecule has 9 heteroatoms. The minimum Gasteiger partial charge on any atom is -0.459 e. The topological polar surface area (TPSA) is 76.2 Å². The lowest BCUT2D eigenvalue weighted by molar-refractivity contribution is -0.120. The van der Waals surface area contributed by atoms with E-state index in [1.54, 1.807) is 20.8 Å². The minimum absolute atomic E-state index is 0.0512. The van der Waals surface area contributed by atoms with Crippen molar-refractivity contribution in [3.63, 3.8) is 0 Å². The van der Waals surface area contributed by atoms with Gasteiger partial charge in [0.1, 0.15) is 18.6 Å². The van der Waals surface area contributed by atoms with Crippen LogP contribution in [0.15, 0.2) is 12.1 Å². The van der Waals surface area contributed by atoms with Crippen LogP contribution in [0.3, 0.4) is 0 Å². The molecule has 1 aromatic carbocycles. The molecule has 3 amide bonds. The number of fused-ring (bicyclic) bond motifs is 1. The Labute approximate surface area is 148 Å². The van der Waals surface area contributed by atoms with E-state index in [1.807, 2.05) is 0 Å². The Morgan fingerprint density at radius 3 is 2.68 bits per heavy atom. The number of imide groups is 1. The third-order valence-corrected chi connectivity index (χ3v) is 4.32.